The fraction of sp³-hybridized carbons (Fsp3) is 0.278. The van der Waals surface area contributed by atoms with Gasteiger partial charge in [-0.3, -0.25) is 9.39 Å². The first kappa shape index (κ1) is 20.4. The molecule has 0 radical (unpaired) electrons. The summed E-state index contributed by atoms with van der Waals surface area (Å²) in [5.74, 6) is 1.77. The average molecular weight is 485 g/mol. The summed E-state index contributed by atoms with van der Waals surface area (Å²) in [6.45, 7) is 1.48. The van der Waals surface area contributed by atoms with Gasteiger partial charge in [0.15, 0.2) is 11.6 Å². The highest BCUT2D eigenvalue weighted by molar-refractivity contribution is 14.0. The number of rotatable bonds is 5. The molecule has 2 aromatic heterocycles. The number of hydrogen-bond acceptors (Lipinski definition) is 3. The SMILES string of the molecule is CN=C(NCCc1nnc2ccccn12)N(C)Cc1ccc(Cl)cc1.I. The van der Waals surface area contributed by atoms with E-state index in [-0.39, 0.29) is 24.0 Å². The van der Waals surface area contributed by atoms with Crippen LogP contribution in [0.5, 0.6) is 0 Å². The first-order chi connectivity index (χ1) is 12.2. The van der Waals surface area contributed by atoms with Crippen molar-refractivity contribution in [1.82, 2.24) is 24.8 Å². The quantitative estimate of drug-likeness (QED) is 0.343. The predicted molar refractivity (Wildman–Crippen MR) is 116 cm³/mol. The molecule has 26 heavy (non-hydrogen) atoms. The fourth-order valence-corrected chi connectivity index (χ4v) is 2.80. The molecule has 138 valence electrons. The van der Waals surface area contributed by atoms with Crippen molar-refractivity contribution in [2.45, 2.75) is 13.0 Å². The molecular formula is C18H22ClIN6. The Labute approximate surface area is 175 Å². The van der Waals surface area contributed by atoms with E-state index in [0.29, 0.717) is 0 Å². The molecule has 2 heterocycles. The lowest BCUT2D eigenvalue weighted by atomic mass is 10.2. The number of benzene rings is 1. The monoisotopic (exact) mass is 484 g/mol. The molecule has 0 fully saturated rings. The van der Waals surface area contributed by atoms with Gasteiger partial charge < -0.3 is 10.2 Å². The molecule has 0 aliphatic carbocycles. The van der Waals surface area contributed by atoms with Gasteiger partial charge in [0, 0.05) is 44.8 Å². The molecule has 0 bridgehead atoms. The molecule has 0 saturated heterocycles. The number of aliphatic imine (C=N–C) groups is 1. The molecule has 1 N–H and O–H groups in total. The van der Waals surface area contributed by atoms with E-state index < -0.39 is 0 Å². The van der Waals surface area contributed by atoms with E-state index >= 15 is 0 Å². The van der Waals surface area contributed by atoms with Crippen LogP contribution in [0.15, 0.2) is 53.7 Å². The number of nitrogens with zero attached hydrogens (tertiary/aromatic N) is 5. The third-order valence-corrected chi connectivity index (χ3v) is 4.17. The second-order valence-corrected chi connectivity index (χ2v) is 6.19. The molecule has 3 aromatic rings. The van der Waals surface area contributed by atoms with Crippen LogP contribution in [0.1, 0.15) is 11.4 Å². The number of fused-ring (bicyclic) bond motifs is 1. The number of nitrogens with one attached hydrogen (secondary N) is 1. The van der Waals surface area contributed by atoms with Gasteiger partial charge in [0.25, 0.3) is 0 Å². The second kappa shape index (κ2) is 9.72. The summed E-state index contributed by atoms with van der Waals surface area (Å²) in [6, 6.07) is 13.7. The minimum absolute atomic E-state index is 0. The highest BCUT2D eigenvalue weighted by Gasteiger charge is 2.08. The molecule has 8 heteroatoms. The van der Waals surface area contributed by atoms with Crippen molar-refractivity contribution in [2.75, 3.05) is 20.6 Å². The van der Waals surface area contributed by atoms with E-state index in [4.69, 9.17) is 11.6 Å². The number of guanidine groups is 1. The van der Waals surface area contributed by atoms with Gasteiger partial charge in [0.1, 0.15) is 5.82 Å². The number of hydrogen-bond donors (Lipinski definition) is 1. The zero-order chi connectivity index (χ0) is 17.6. The van der Waals surface area contributed by atoms with Gasteiger partial charge in [-0.2, -0.15) is 0 Å². The Morgan fingerprint density at radius 1 is 1.19 bits per heavy atom. The van der Waals surface area contributed by atoms with Crippen molar-refractivity contribution in [3.05, 3.63) is 65.1 Å². The highest BCUT2D eigenvalue weighted by atomic mass is 127. The van der Waals surface area contributed by atoms with Crippen molar-refractivity contribution in [3.8, 4) is 0 Å². The molecule has 0 aliphatic heterocycles. The summed E-state index contributed by atoms with van der Waals surface area (Å²) in [4.78, 5) is 6.42. The maximum Gasteiger partial charge on any atom is 0.193 e. The molecule has 0 amide bonds. The molecular weight excluding hydrogens is 463 g/mol. The lowest BCUT2D eigenvalue weighted by molar-refractivity contribution is 0.477. The van der Waals surface area contributed by atoms with Gasteiger partial charge in [-0.25, -0.2) is 0 Å². The van der Waals surface area contributed by atoms with Crippen LogP contribution in [-0.2, 0) is 13.0 Å². The summed E-state index contributed by atoms with van der Waals surface area (Å²) in [5, 5.41) is 12.5. The van der Waals surface area contributed by atoms with Crippen molar-refractivity contribution >= 4 is 47.2 Å². The minimum atomic E-state index is 0. The largest absolute Gasteiger partial charge is 0.356 e. The van der Waals surface area contributed by atoms with E-state index in [1.807, 2.05) is 60.1 Å². The van der Waals surface area contributed by atoms with Crippen LogP contribution in [-0.4, -0.2) is 46.1 Å². The third kappa shape index (κ3) is 5.07. The summed E-state index contributed by atoms with van der Waals surface area (Å²) in [5.41, 5.74) is 2.04. The summed E-state index contributed by atoms with van der Waals surface area (Å²) < 4.78 is 2.00. The van der Waals surface area contributed by atoms with Gasteiger partial charge in [0.05, 0.1) is 0 Å². The zero-order valence-corrected chi connectivity index (χ0v) is 17.8. The van der Waals surface area contributed by atoms with Gasteiger partial charge in [-0.15, -0.1) is 34.2 Å². The second-order valence-electron chi connectivity index (χ2n) is 5.75. The van der Waals surface area contributed by atoms with Gasteiger partial charge in [-0.1, -0.05) is 29.8 Å². The Bertz CT molecular complexity index is 862. The summed E-state index contributed by atoms with van der Waals surface area (Å²) >= 11 is 5.93. The van der Waals surface area contributed by atoms with Crippen LogP contribution in [0.25, 0.3) is 5.65 Å². The van der Waals surface area contributed by atoms with Crippen LogP contribution in [0.4, 0.5) is 0 Å². The van der Waals surface area contributed by atoms with Crippen LogP contribution in [0, 0.1) is 0 Å². The van der Waals surface area contributed by atoms with E-state index in [9.17, 15) is 0 Å². The van der Waals surface area contributed by atoms with Crippen LogP contribution < -0.4 is 5.32 Å². The number of aromatic nitrogens is 3. The first-order valence-corrected chi connectivity index (χ1v) is 8.50. The molecule has 0 saturated carbocycles. The Balaban J connectivity index is 0.00000243. The molecule has 0 spiro atoms. The first-order valence-electron chi connectivity index (χ1n) is 8.12. The fourth-order valence-electron chi connectivity index (χ4n) is 2.67. The van der Waals surface area contributed by atoms with Crippen molar-refractivity contribution in [1.29, 1.82) is 0 Å². The Morgan fingerprint density at radius 3 is 2.69 bits per heavy atom. The van der Waals surface area contributed by atoms with Crippen molar-refractivity contribution < 1.29 is 0 Å². The summed E-state index contributed by atoms with van der Waals surface area (Å²) in [7, 11) is 3.80. The van der Waals surface area contributed by atoms with Crippen molar-refractivity contribution in [2.24, 2.45) is 4.99 Å². The lowest BCUT2D eigenvalue weighted by Crippen LogP contribution is -2.39. The minimum Gasteiger partial charge on any atom is -0.356 e. The Hall–Kier alpha value is -1.87. The number of halogens is 2. The molecule has 1 aromatic carbocycles. The highest BCUT2D eigenvalue weighted by Crippen LogP contribution is 2.11. The maximum absolute atomic E-state index is 5.93. The van der Waals surface area contributed by atoms with Crippen LogP contribution >= 0.6 is 35.6 Å². The Morgan fingerprint density at radius 2 is 1.96 bits per heavy atom. The normalized spacial score (nSPS) is 11.3. The van der Waals surface area contributed by atoms with E-state index in [1.165, 1.54) is 5.56 Å². The average Bonchev–Trinajstić information content (AvgIpc) is 3.04. The topological polar surface area (TPSA) is 57.8 Å². The number of pyridine rings is 1. The standard InChI is InChI=1S/C18H21ClN6.HI/c1-20-18(24(2)13-14-6-8-15(19)9-7-14)21-11-10-17-23-22-16-5-3-4-12-25(16)17;/h3-9,12H,10-11,13H2,1-2H3,(H,20,21);1H. The predicted octanol–water partition coefficient (Wildman–Crippen LogP) is 3.25. The van der Waals surface area contributed by atoms with E-state index in [0.717, 1.165) is 42.0 Å². The van der Waals surface area contributed by atoms with Gasteiger partial charge in [0.2, 0.25) is 0 Å². The van der Waals surface area contributed by atoms with Crippen LogP contribution in [0.2, 0.25) is 5.02 Å². The Kier molecular flexibility index (Phi) is 7.65. The molecule has 0 atom stereocenters. The molecule has 0 unspecified atom stereocenters. The smallest absolute Gasteiger partial charge is 0.193 e. The lowest BCUT2D eigenvalue weighted by Gasteiger charge is -2.22. The molecule has 6 nitrogen and oxygen atoms in total. The van der Waals surface area contributed by atoms with Crippen molar-refractivity contribution in [3.63, 3.8) is 0 Å². The summed E-state index contributed by atoms with van der Waals surface area (Å²) in [6.07, 6.45) is 2.74. The van der Waals surface area contributed by atoms with Gasteiger partial charge >= 0.3 is 0 Å². The van der Waals surface area contributed by atoms with E-state index in [2.05, 4.69) is 25.4 Å². The van der Waals surface area contributed by atoms with E-state index in [1.54, 1.807) is 7.05 Å². The maximum atomic E-state index is 5.93. The van der Waals surface area contributed by atoms with Gasteiger partial charge in [-0.05, 0) is 29.8 Å². The third-order valence-electron chi connectivity index (χ3n) is 3.92. The molecule has 0 aliphatic rings. The zero-order valence-electron chi connectivity index (χ0n) is 14.8. The molecule has 3 rings (SSSR count). The van der Waals surface area contributed by atoms with Crippen LogP contribution in [0.3, 0.4) is 0 Å².